The number of anilines is 1. The molecule has 32 heavy (non-hydrogen) atoms. The van der Waals surface area contributed by atoms with Crippen LogP contribution < -0.4 is 9.64 Å². The van der Waals surface area contributed by atoms with E-state index in [4.69, 9.17) is 4.74 Å². The van der Waals surface area contributed by atoms with E-state index in [1.165, 1.54) is 16.3 Å². The van der Waals surface area contributed by atoms with E-state index in [2.05, 4.69) is 0 Å². The van der Waals surface area contributed by atoms with Crippen LogP contribution in [0.4, 0.5) is 5.69 Å². The standard InChI is InChI=1S/C23H27N3O5S/c1-16-8-9-21(17(2)14-16)32(29,30)25-12-10-24(11-13-25)19-15-22(27)26(23(19)28)18-6-4-5-7-20(18)31-3/h4-9,14,19H,10-13,15H2,1-3H3/t19-/m1/s1. The Bertz CT molecular complexity index is 1160. The van der Waals surface area contributed by atoms with Crippen molar-refractivity contribution in [3.8, 4) is 5.75 Å². The zero-order valence-electron chi connectivity index (χ0n) is 18.4. The van der Waals surface area contributed by atoms with E-state index in [9.17, 15) is 18.0 Å². The Kier molecular flexibility index (Phi) is 6.07. The van der Waals surface area contributed by atoms with Crippen molar-refractivity contribution in [2.45, 2.75) is 31.2 Å². The molecule has 2 saturated heterocycles. The molecule has 9 heteroatoms. The first-order chi connectivity index (χ1) is 15.2. The van der Waals surface area contributed by atoms with Gasteiger partial charge in [-0.05, 0) is 37.6 Å². The number of rotatable bonds is 5. The number of piperazine rings is 1. The van der Waals surface area contributed by atoms with Gasteiger partial charge in [-0.15, -0.1) is 0 Å². The summed E-state index contributed by atoms with van der Waals surface area (Å²) in [4.78, 5) is 29.2. The van der Waals surface area contributed by atoms with Gasteiger partial charge in [-0.25, -0.2) is 13.3 Å². The van der Waals surface area contributed by atoms with Crippen LogP contribution in [-0.2, 0) is 19.6 Å². The van der Waals surface area contributed by atoms with Crippen LogP contribution in [0.2, 0.25) is 0 Å². The third-order valence-electron chi connectivity index (χ3n) is 6.11. The average Bonchev–Trinajstić information content (AvgIpc) is 3.07. The van der Waals surface area contributed by atoms with Crippen molar-refractivity contribution in [2.24, 2.45) is 0 Å². The lowest BCUT2D eigenvalue weighted by molar-refractivity contribution is -0.123. The van der Waals surface area contributed by atoms with Crippen LogP contribution in [0.25, 0.3) is 0 Å². The fourth-order valence-corrected chi connectivity index (χ4v) is 6.08. The molecule has 2 aliphatic heterocycles. The molecule has 1 atom stereocenters. The number of para-hydroxylation sites is 2. The molecule has 0 unspecified atom stereocenters. The molecular formula is C23H27N3O5S. The van der Waals surface area contributed by atoms with Gasteiger partial charge in [-0.2, -0.15) is 4.31 Å². The Morgan fingerprint density at radius 3 is 2.31 bits per heavy atom. The Hall–Kier alpha value is -2.75. The van der Waals surface area contributed by atoms with Crippen molar-refractivity contribution >= 4 is 27.5 Å². The fraction of sp³-hybridized carbons (Fsp3) is 0.391. The second-order valence-corrected chi connectivity index (χ2v) is 10.1. The molecule has 0 aliphatic carbocycles. The predicted molar refractivity (Wildman–Crippen MR) is 120 cm³/mol. The number of amides is 2. The maximum atomic E-state index is 13.1. The van der Waals surface area contributed by atoms with Gasteiger partial charge in [0.15, 0.2) is 0 Å². The number of benzene rings is 2. The Morgan fingerprint density at radius 2 is 1.66 bits per heavy atom. The summed E-state index contributed by atoms with van der Waals surface area (Å²) in [6.07, 6.45) is 0.0701. The average molecular weight is 458 g/mol. The van der Waals surface area contributed by atoms with Crippen LogP contribution in [-0.4, -0.2) is 68.8 Å². The lowest BCUT2D eigenvalue weighted by Gasteiger charge is -2.36. The molecule has 8 nitrogen and oxygen atoms in total. The number of hydrogen-bond donors (Lipinski definition) is 0. The summed E-state index contributed by atoms with van der Waals surface area (Å²) >= 11 is 0. The summed E-state index contributed by atoms with van der Waals surface area (Å²) in [7, 11) is -2.12. The third-order valence-corrected chi connectivity index (χ3v) is 8.17. The molecule has 170 valence electrons. The minimum Gasteiger partial charge on any atom is -0.495 e. The zero-order chi connectivity index (χ0) is 23.0. The van der Waals surface area contributed by atoms with Gasteiger partial charge in [0.05, 0.1) is 30.2 Å². The highest BCUT2D eigenvalue weighted by atomic mass is 32.2. The second-order valence-electron chi connectivity index (χ2n) is 8.17. The molecule has 0 bridgehead atoms. The van der Waals surface area contributed by atoms with E-state index in [0.717, 1.165) is 11.1 Å². The lowest BCUT2D eigenvalue weighted by atomic mass is 10.2. The van der Waals surface area contributed by atoms with Crippen LogP contribution in [0.15, 0.2) is 47.4 Å². The van der Waals surface area contributed by atoms with Gasteiger partial charge in [0.25, 0.3) is 5.91 Å². The monoisotopic (exact) mass is 457 g/mol. The molecule has 0 spiro atoms. The summed E-state index contributed by atoms with van der Waals surface area (Å²) in [6, 6.07) is 11.6. The van der Waals surface area contributed by atoms with Crippen molar-refractivity contribution in [1.29, 1.82) is 0 Å². The number of nitrogens with zero attached hydrogens (tertiary/aromatic N) is 3. The summed E-state index contributed by atoms with van der Waals surface area (Å²) < 4.78 is 33.0. The number of aryl methyl sites for hydroxylation is 2. The molecule has 2 fully saturated rings. The highest BCUT2D eigenvalue weighted by Gasteiger charge is 2.45. The van der Waals surface area contributed by atoms with Gasteiger partial charge < -0.3 is 4.74 Å². The number of carbonyl (C=O) groups excluding carboxylic acids is 2. The topological polar surface area (TPSA) is 87.2 Å². The number of ether oxygens (including phenoxy) is 1. The van der Waals surface area contributed by atoms with Crippen molar-refractivity contribution in [3.63, 3.8) is 0 Å². The highest BCUT2D eigenvalue weighted by Crippen LogP contribution is 2.33. The maximum absolute atomic E-state index is 13.1. The van der Waals surface area contributed by atoms with E-state index >= 15 is 0 Å². The number of imide groups is 1. The first-order valence-corrected chi connectivity index (χ1v) is 12.0. The van der Waals surface area contributed by atoms with Crippen LogP contribution >= 0.6 is 0 Å². The predicted octanol–water partition coefficient (Wildman–Crippen LogP) is 1.95. The van der Waals surface area contributed by atoms with Crippen molar-refractivity contribution < 1.29 is 22.7 Å². The molecule has 2 aromatic rings. The van der Waals surface area contributed by atoms with Crippen molar-refractivity contribution in [3.05, 3.63) is 53.6 Å². The molecule has 2 amide bonds. The molecule has 0 radical (unpaired) electrons. The minimum atomic E-state index is -3.62. The van der Waals surface area contributed by atoms with Gasteiger partial charge in [-0.1, -0.05) is 29.8 Å². The number of carbonyl (C=O) groups is 2. The smallest absolute Gasteiger partial charge is 0.251 e. The summed E-state index contributed by atoms with van der Waals surface area (Å²) in [5, 5.41) is 0. The van der Waals surface area contributed by atoms with E-state index < -0.39 is 16.1 Å². The zero-order valence-corrected chi connectivity index (χ0v) is 19.3. The largest absolute Gasteiger partial charge is 0.495 e. The van der Waals surface area contributed by atoms with Crippen molar-refractivity contribution in [2.75, 3.05) is 38.2 Å². The Balaban J connectivity index is 1.48. The normalized spacial score (nSPS) is 20.7. The molecule has 2 heterocycles. The van der Waals surface area contributed by atoms with Gasteiger partial charge >= 0.3 is 0 Å². The molecule has 2 aliphatic rings. The number of methoxy groups -OCH3 is 1. The highest BCUT2D eigenvalue weighted by molar-refractivity contribution is 7.89. The summed E-state index contributed by atoms with van der Waals surface area (Å²) in [6.45, 7) is 5.02. The van der Waals surface area contributed by atoms with Crippen LogP contribution in [0, 0.1) is 13.8 Å². The van der Waals surface area contributed by atoms with Gasteiger partial charge in [-0.3, -0.25) is 14.5 Å². The van der Waals surface area contributed by atoms with Crippen LogP contribution in [0.5, 0.6) is 5.75 Å². The van der Waals surface area contributed by atoms with Gasteiger partial charge in [0.2, 0.25) is 15.9 Å². The first-order valence-electron chi connectivity index (χ1n) is 10.6. The van der Waals surface area contributed by atoms with E-state index in [1.54, 1.807) is 43.3 Å². The van der Waals surface area contributed by atoms with Crippen LogP contribution in [0.1, 0.15) is 17.5 Å². The SMILES string of the molecule is COc1ccccc1N1C(=O)C[C@@H](N2CCN(S(=O)(=O)c3ccc(C)cc3C)CC2)C1=O. The molecule has 0 aromatic heterocycles. The van der Waals surface area contributed by atoms with Crippen molar-refractivity contribution in [1.82, 2.24) is 9.21 Å². The minimum absolute atomic E-state index is 0.0701. The van der Waals surface area contributed by atoms with Gasteiger partial charge in [0.1, 0.15) is 5.75 Å². The molecule has 0 saturated carbocycles. The Morgan fingerprint density at radius 1 is 0.969 bits per heavy atom. The second kappa shape index (κ2) is 8.65. The summed E-state index contributed by atoms with van der Waals surface area (Å²) in [5.41, 5.74) is 2.16. The quantitative estimate of drug-likeness (QED) is 0.638. The number of sulfonamides is 1. The van der Waals surface area contributed by atoms with Gasteiger partial charge in [0, 0.05) is 26.2 Å². The molecular weight excluding hydrogens is 430 g/mol. The lowest BCUT2D eigenvalue weighted by Crippen LogP contribution is -2.53. The first kappa shape index (κ1) is 22.4. The third kappa shape index (κ3) is 3.92. The Labute approximate surface area is 188 Å². The molecule has 4 rings (SSSR count). The van der Waals surface area contributed by atoms with E-state index in [-0.39, 0.29) is 31.3 Å². The fourth-order valence-electron chi connectivity index (χ4n) is 4.45. The van der Waals surface area contributed by atoms with E-state index in [1.807, 2.05) is 17.9 Å². The molecule has 0 N–H and O–H groups in total. The molecule has 2 aromatic carbocycles. The summed E-state index contributed by atoms with van der Waals surface area (Å²) in [5.74, 6) is -0.126. The maximum Gasteiger partial charge on any atom is 0.251 e. The van der Waals surface area contributed by atoms with Crippen LogP contribution in [0.3, 0.4) is 0 Å². The van der Waals surface area contributed by atoms with E-state index in [0.29, 0.717) is 29.4 Å². The number of hydrogen-bond acceptors (Lipinski definition) is 6.